The molecular weight excluding hydrogens is 442 g/mol. The molecule has 4 rings (SSSR count). The fourth-order valence-corrected chi connectivity index (χ4v) is 4.69. The van der Waals surface area contributed by atoms with Gasteiger partial charge in [-0.2, -0.15) is 0 Å². The van der Waals surface area contributed by atoms with E-state index >= 15 is 0 Å². The smallest absolute Gasteiger partial charge is 0.248 e. The number of anilines is 1. The average Bonchev–Trinajstić information content (AvgIpc) is 3.38. The molecule has 2 amide bonds. The Balaban J connectivity index is 1.64. The maximum Gasteiger partial charge on any atom is 0.248 e. The first-order valence-electron chi connectivity index (χ1n) is 11.7. The van der Waals surface area contributed by atoms with E-state index in [1.165, 1.54) is 0 Å². The van der Waals surface area contributed by atoms with Gasteiger partial charge in [-0.25, -0.2) is 0 Å². The molecule has 2 heterocycles. The lowest BCUT2D eigenvalue weighted by molar-refractivity contribution is -0.133. The predicted octanol–water partition coefficient (Wildman–Crippen LogP) is 3.34. The summed E-state index contributed by atoms with van der Waals surface area (Å²) in [4.78, 5) is 27.3. The molecule has 1 aromatic heterocycles. The fraction of sp³-hybridized carbons (Fsp3) is 0.583. The largest absolute Gasteiger partial charge is 0.387 e. The SMILES string of the molecule is Cc1c(Cl)cccc1NC(=O)C1CN(C(=O)CO)C[C@@H]1c1nnc(CCC(C)C)n1C1CC1. The van der Waals surface area contributed by atoms with E-state index in [2.05, 4.69) is 33.9 Å². The first-order chi connectivity index (χ1) is 15.8. The number of aliphatic hydroxyl groups excluding tert-OH is 1. The van der Waals surface area contributed by atoms with Crippen LogP contribution in [-0.2, 0) is 16.0 Å². The van der Waals surface area contributed by atoms with Crippen LogP contribution in [0.15, 0.2) is 18.2 Å². The van der Waals surface area contributed by atoms with Crippen LogP contribution in [0, 0.1) is 18.8 Å². The van der Waals surface area contributed by atoms with Gasteiger partial charge in [0, 0.05) is 36.3 Å². The van der Waals surface area contributed by atoms with Crippen molar-refractivity contribution in [2.24, 2.45) is 11.8 Å². The van der Waals surface area contributed by atoms with Crippen LogP contribution in [0.4, 0.5) is 5.69 Å². The number of amides is 2. The van der Waals surface area contributed by atoms with Crippen molar-refractivity contribution in [3.63, 3.8) is 0 Å². The lowest BCUT2D eigenvalue weighted by atomic mass is 9.93. The summed E-state index contributed by atoms with van der Waals surface area (Å²) in [5.74, 6) is 0.922. The van der Waals surface area contributed by atoms with Crippen LogP contribution in [0.25, 0.3) is 0 Å². The summed E-state index contributed by atoms with van der Waals surface area (Å²) in [6, 6.07) is 5.75. The van der Waals surface area contributed by atoms with Gasteiger partial charge in [0.15, 0.2) is 0 Å². The first kappa shape index (κ1) is 23.7. The number of nitrogens with zero attached hydrogens (tertiary/aromatic N) is 4. The molecule has 1 aliphatic carbocycles. The zero-order valence-electron chi connectivity index (χ0n) is 19.4. The molecule has 2 N–H and O–H groups in total. The summed E-state index contributed by atoms with van der Waals surface area (Å²) >= 11 is 6.23. The van der Waals surface area contributed by atoms with Gasteiger partial charge in [0.1, 0.15) is 18.3 Å². The minimum absolute atomic E-state index is 0.187. The Hall–Kier alpha value is -2.45. The van der Waals surface area contributed by atoms with Gasteiger partial charge < -0.3 is 19.9 Å². The molecule has 1 saturated heterocycles. The molecule has 2 fully saturated rings. The zero-order valence-corrected chi connectivity index (χ0v) is 20.2. The molecule has 178 valence electrons. The van der Waals surface area contributed by atoms with Crippen molar-refractivity contribution in [2.75, 3.05) is 25.0 Å². The number of benzene rings is 1. The van der Waals surface area contributed by atoms with Gasteiger partial charge in [0.2, 0.25) is 11.8 Å². The van der Waals surface area contributed by atoms with Crippen LogP contribution in [0.1, 0.15) is 62.3 Å². The highest BCUT2D eigenvalue weighted by molar-refractivity contribution is 6.31. The number of aryl methyl sites for hydroxylation is 1. The quantitative estimate of drug-likeness (QED) is 0.612. The van der Waals surface area contributed by atoms with Crippen molar-refractivity contribution in [3.8, 4) is 0 Å². The van der Waals surface area contributed by atoms with Crippen LogP contribution in [-0.4, -0.2) is 56.3 Å². The number of hydrogen-bond donors (Lipinski definition) is 2. The molecular formula is C24H32ClN5O3. The van der Waals surface area contributed by atoms with E-state index in [1.807, 2.05) is 13.0 Å². The summed E-state index contributed by atoms with van der Waals surface area (Å²) in [5, 5.41) is 22.0. The van der Waals surface area contributed by atoms with Gasteiger partial charge in [-0.1, -0.05) is 31.5 Å². The summed E-state index contributed by atoms with van der Waals surface area (Å²) in [6.45, 7) is 6.22. The third-order valence-electron chi connectivity index (χ3n) is 6.65. The molecule has 1 aromatic carbocycles. The Kier molecular flexibility index (Phi) is 7.05. The van der Waals surface area contributed by atoms with E-state index in [9.17, 15) is 14.7 Å². The van der Waals surface area contributed by atoms with Crippen LogP contribution >= 0.6 is 11.6 Å². The van der Waals surface area contributed by atoms with Gasteiger partial charge >= 0.3 is 0 Å². The van der Waals surface area contributed by atoms with E-state index in [1.54, 1.807) is 17.0 Å². The molecule has 1 aliphatic heterocycles. The van der Waals surface area contributed by atoms with Crippen LogP contribution in [0.5, 0.6) is 0 Å². The van der Waals surface area contributed by atoms with E-state index in [0.29, 0.717) is 29.2 Å². The monoisotopic (exact) mass is 473 g/mol. The van der Waals surface area contributed by atoms with Crippen LogP contribution in [0.2, 0.25) is 5.02 Å². The van der Waals surface area contributed by atoms with E-state index in [-0.39, 0.29) is 24.3 Å². The predicted molar refractivity (Wildman–Crippen MR) is 126 cm³/mol. The van der Waals surface area contributed by atoms with Crippen molar-refractivity contribution in [2.45, 2.75) is 58.4 Å². The standard InChI is InChI=1S/C24H32ClN5O3/c1-14(2)7-10-21-27-28-23(30(21)16-8-9-16)17-11-29(22(32)13-31)12-18(17)24(33)26-20-6-4-5-19(25)15(20)3/h4-6,14,16-18,31H,7-13H2,1-3H3,(H,26,33)/t17-,18?/m0/s1. The molecule has 0 bridgehead atoms. The van der Waals surface area contributed by atoms with E-state index < -0.39 is 12.5 Å². The number of aliphatic hydroxyl groups is 1. The molecule has 33 heavy (non-hydrogen) atoms. The number of halogens is 1. The second kappa shape index (κ2) is 9.81. The van der Waals surface area contributed by atoms with E-state index in [4.69, 9.17) is 11.6 Å². The number of carbonyl (C=O) groups excluding carboxylic acids is 2. The van der Waals surface area contributed by atoms with Crippen molar-refractivity contribution < 1.29 is 14.7 Å². The second-order valence-electron chi connectivity index (χ2n) is 9.58. The van der Waals surface area contributed by atoms with Crippen molar-refractivity contribution in [1.82, 2.24) is 19.7 Å². The highest BCUT2D eigenvalue weighted by Gasteiger charge is 2.44. The highest BCUT2D eigenvalue weighted by Crippen LogP contribution is 2.41. The van der Waals surface area contributed by atoms with Crippen molar-refractivity contribution in [3.05, 3.63) is 40.4 Å². The minimum atomic E-state index is -0.580. The number of hydrogen-bond acceptors (Lipinski definition) is 5. The van der Waals surface area contributed by atoms with E-state index in [0.717, 1.165) is 42.9 Å². The number of likely N-dealkylation sites (tertiary alicyclic amines) is 1. The Bertz CT molecular complexity index is 1030. The molecule has 1 saturated carbocycles. The molecule has 0 radical (unpaired) electrons. The van der Waals surface area contributed by atoms with Gasteiger partial charge in [-0.3, -0.25) is 9.59 Å². The lowest BCUT2D eigenvalue weighted by Gasteiger charge is -2.20. The molecule has 2 aromatic rings. The second-order valence-corrected chi connectivity index (χ2v) is 9.99. The zero-order chi connectivity index (χ0) is 23.7. The molecule has 0 spiro atoms. The van der Waals surface area contributed by atoms with Gasteiger partial charge in [0.05, 0.1) is 11.8 Å². The van der Waals surface area contributed by atoms with Gasteiger partial charge in [-0.15, -0.1) is 10.2 Å². The number of aromatic nitrogens is 3. The summed E-state index contributed by atoms with van der Waals surface area (Å²) in [6.07, 6.45) is 4.00. The normalized spacial score (nSPS) is 20.5. The number of rotatable bonds is 8. The molecule has 8 nitrogen and oxygen atoms in total. The fourth-order valence-electron chi connectivity index (χ4n) is 4.51. The van der Waals surface area contributed by atoms with Crippen molar-refractivity contribution >= 4 is 29.1 Å². The Morgan fingerprint density at radius 3 is 2.67 bits per heavy atom. The van der Waals surface area contributed by atoms with Crippen LogP contribution < -0.4 is 5.32 Å². The maximum atomic E-state index is 13.4. The Morgan fingerprint density at radius 1 is 1.24 bits per heavy atom. The Morgan fingerprint density at radius 2 is 2.00 bits per heavy atom. The third kappa shape index (κ3) is 5.06. The van der Waals surface area contributed by atoms with Crippen molar-refractivity contribution in [1.29, 1.82) is 0 Å². The van der Waals surface area contributed by atoms with Gasteiger partial charge in [0.25, 0.3) is 0 Å². The molecule has 1 unspecified atom stereocenters. The molecule has 2 aliphatic rings. The van der Waals surface area contributed by atoms with Crippen LogP contribution in [0.3, 0.4) is 0 Å². The maximum absolute atomic E-state index is 13.4. The average molecular weight is 474 g/mol. The first-order valence-corrected chi connectivity index (χ1v) is 12.1. The number of carbonyl (C=O) groups is 2. The summed E-state index contributed by atoms with van der Waals surface area (Å²) in [7, 11) is 0. The molecule has 9 heteroatoms. The lowest BCUT2D eigenvalue weighted by Crippen LogP contribution is -2.33. The third-order valence-corrected chi connectivity index (χ3v) is 7.06. The molecule has 2 atom stereocenters. The summed E-state index contributed by atoms with van der Waals surface area (Å²) in [5.41, 5.74) is 1.45. The highest BCUT2D eigenvalue weighted by atomic mass is 35.5. The summed E-state index contributed by atoms with van der Waals surface area (Å²) < 4.78 is 2.21. The topological polar surface area (TPSA) is 100 Å². The van der Waals surface area contributed by atoms with Gasteiger partial charge in [-0.05, 0) is 49.8 Å². The number of nitrogens with one attached hydrogen (secondary N) is 1. The minimum Gasteiger partial charge on any atom is -0.387 e. The Labute approximate surface area is 199 Å².